The van der Waals surface area contributed by atoms with Crippen molar-refractivity contribution in [3.05, 3.63) is 71.7 Å². The van der Waals surface area contributed by atoms with Crippen LogP contribution in [0.5, 0.6) is 0 Å². The number of amides is 2. The maximum Gasteiger partial charge on any atom is 0.254 e. The summed E-state index contributed by atoms with van der Waals surface area (Å²) in [4.78, 5) is 31.3. The molecule has 0 atom stereocenters. The first-order chi connectivity index (χ1) is 13.9. The summed E-state index contributed by atoms with van der Waals surface area (Å²) >= 11 is 0. The molecule has 1 heterocycles. The van der Waals surface area contributed by atoms with Gasteiger partial charge in [-0.2, -0.15) is 4.98 Å². The lowest BCUT2D eigenvalue weighted by Gasteiger charge is -2.12. The largest absolute Gasteiger partial charge is 0.365 e. The molecule has 0 unspecified atom stereocenters. The van der Waals surface area contributed by atoms with E-state index >= 15 is 0 Å². The van der Waals surface area contributed by atoms with E-state index in [9.17, 15) is 14.0 Å². The van der Waals surface area contributed by atoms with Crippen LogP contribution in [-0.4, -0.2) is 21.8 Å². The van der Waals surface area contributed by atoms with E-state index in [2.05, 4.69) is 25.9 Å². The zero-order valence-electron chi connectivity index (χ0n) is 15.6. The summed E-state index contributed by atoms with van der Waals surface area (Å²) in [6, 6.07) is 13.1. The van der Waals surface area contributed by atoms with Crippen molar-refractivity contribution in [2.24, 2.45) is 5.73 Å². The first kappa shape index (κ1) is 19.7. The minimum Gasteiger partial charge on any atom is -0.365 e. The Hall–Kier alpha value is -4.01. The molecule has 0 spiro atoms. The van der Waals surface area contributed by atoms with Gasteiger partial charge in [-0.1, -0.05) is 18.2 Å². The number of primary amides is 1. The molecule has 1 aromatic heterocycles. The van der Waals surface area contributed by atoms with Crippen LogP contribution in [0.4, 0.5) is 27.5 Å². The number of hydrogen-bond acceptors (Lipinski definition) is 6. The van der Waals surface area contributed by atoms with Crippen LogP contribution in [0.3, 0.4) is 0 Å². The summed E-state index contributed by atoms with van der Waals surface area (Å²) in [5, 5.41) is 8.68. The second-order valence-electron chi connectivity index (χ2n) is 6.19. The van der Waals surface area contributed by atoms with Crippen molar-refractivity contribution in [2.75, 3.05) is 16.0 Å². The van der Waals surface area contributed by atoms with Crippen molar-refractivity contribution in [2.45, 2.75) is 13.5 Å². The van der Waals surface area contributed by atoms with Crippen molar-refractivity contribution in [3.63, 3.8) is 0 Å². The molecular formula is C20H19FN6O2. The molecule has 2 amide bonds. The van der Waals surface area contributed by atoms with E-state index in [1.807, 2.05) is 0 Å². The smallest absolute Gasteiger partial charge is 0.254 e. The second-order valence-corrected chi connectivity index (χ2v) is 6.19. The zero-order chi connectivity index (χ0) is 20.8. The van der Waals surface area contributed by atoms with E-state index < -0.39 is 5.91 Å². The number of halogens is 1. The number of carbonyl (C=O) groups excluding carboxylic acids is 2. The maximum absolute atomic E-state index is 13.4. The third-order valence-corrected chi connectivity index (χ3v) is 3.84. The van der Waals surface area contributed by atoms with Gasteiger partial charge in [0, 0.05) is 31.0 Å². The van der Waals surface area contributed by atoms with Gasteiger partial charge in [0.2, 0.25) is 11.9 Å². The minimum atomic E-state index is -0.689. The summed E-state index contributed by atoms with van der Waals surface area (Å²) in [5.74, 6) is -0.795. The Balaban J connectivity index is 1.81. The second kappa shape index (κ2) is 8.79. The molecule has 0 radical (unpaired) electrons. The predicted molar refractivity (Wildman–Crippen MR) is 108 cm³/mol. The first-order valence-corrected chi connectivity index (χ1v) is 8.70. The Labute approximate surface area is 166 Å². The molecule has 3 rings (SSSR count). The number of carbonyl (C=O) groups is 2. The molecule has 0 aliphatic carbocycles. The number of nitrogens with two attached hydrogens (primary N) is 1. The van der Waals surface area contributed by atoms with E-state index in [0.717, 1.165) is 0 Å². The Morgan fingerprint density at radius 3 is 2.59 bits per heavy atom. The molecular weight excluding hydrogens is 375 g/mol. The third-order valence-electron chi connectivity index (χ3n) is 3.84. The number of rotatable bonds is 7. The highest BCUT2D eigenvalue weighted by Gasteiger charge is 2.12. The van der Waals surface area contributed by atoms with E-state index in [-0.39, 0.29) is 35.6 Å². The van der Waals surface area contributed by atoms with Gasteiger partial charge in [-0.3, -0.25) is 9.59 Å². The molecule has 8 nitrogen and oxygen atoms in total. The van der Waals surface area contributed by atoms with Crippen molar-refractivity contribution < 1.29 is 14.0 Å². The van der Waals surface area contributed by atoms with Gasteiger partial charge < -0.3 is 21.7 Å². The number of aromatic nitrogens is 2. The van der Waals surface area contributed by atoms with E-state index in [0.29, 0.717) is 16.9 Å². The monoisotopic (exact) mass is 394 g/mol. The van der Waals surface area contributed by atoms with Gasteiger partial charge in [-0.25, -0.2) is 9.37 Å². The van der Waals surface area contributed by atoms with Gasteiger partial charge in [0.1, 0.15) is 11.6 Å². The maximum atomic E-state index is 13.4. The van der Waals surface area contributed by atoms with E-state index in [1.165, 1.54) is 25.3 Å². The Bertz CT molecular complexity index is 1060. The SMILES string of the molecule is CC(=O)Nc1cccc(Nc2ncc(C(N)=O)c(NCc3cccc(F)c3)n2)c1. The summed E-state index contributed by atoms with van der Waals surface area (Å²) in [5.41, 5.74) is 7.43. The van der Waals surface area contributed by atoms with Crippen LogP contribution < -0.4 is 21.7 Å². The molecule has 3 aromatic rings. The Morgan fingerprint density at radius 1 is 1.10 bits per heavy atom. The fourth-order valence-corrected chi connectivity index (χ4v) is 2.60. The van der Waals surface area contributed by atoms with Gasteiger partial charge in [0.25, 0.3) is 5.91 Å². The molecule has 0 aliphatic rings. The van der Waals surface area contributed by atoms with Crippen LogP contribution in [0.25, 0.3) is 0 Å². The van der Waals surface area contributed by atoms with Gasteiger partial charge in [-0.05, 0) is 35.9 Å². The number of hydrogen-bond donors (Lipinski definition) is 4. The van der Waals surface area contributed by atoms with Gasteiger partial charge >= 0.3 is 0 Å². The molecule has 148 valence electrons. The summed E-state index contributed by atoms with van der Waals surface area (Å²) in [6.45, 7) is 1.66. The quantitative estimate of drug-likeness (QED) is 0.489. The molecule has 9 heteroatoms. The van der Waals surface area contributed by atoms with Crippen LogP contribution in [0, 0.1) is 5.82 Å². The molecule has 29 heavy (non-hydrogen) atoms. The summed E-state index contributed by atoms with van der Waals surface area (Å²) < 4.78 is 13.4. The van der Waals surface area contributed by atoms with Crippen molar-refractivity contribution in [1.29, 1.82) is 0 Å². The Kier molecular flexibility index (Phi) is 5.98. The van der Waals surface area contributed by atoms with E-state index in [1.54, 1.807) is 36.4 Å². The molecule has 0 saturated heterocycles. The number of nitrogens with zero attached hydrogens (tertiary/aromatic N) is 2. The average Bonchev–Trinajstić information content (AvgIpc) is 2.66. The highest BCUT2D eigenvalue weighted by atomic mass is 19.1. The fraction of sp³-hybridized carbons (Fsp3) is 0.100. The average molecular weight is 394 g/mol. The van der Waals surface area contributed by atoms with Crippen molar-refractivity contribution in [1.82, 2.24) is 9.97 Å². The first-order valence-electron chi connectivity index (χ1n) is 8.70. The lowest BCUT2D eigenvalue weighted by molar-refractivity contribution is -0.114. The molecule has 0 aliphatic heterocycles. The topological polar surface area (TPSA) is 122 Å². The number of benzene rings is 2. The molecule has 0 fully saturated rings. The normalized spacial score (nSPS) is 10.3. The third kappa shape index (κ3) is 5.48. The summed E-state index contributed by atoms with van der Waals surface area (Å²) in [6.07, 6.45) is 1.31. The van der Waals surface area contributed by atoms with Crippen LogP contribution >= 0.6 is 0 Å². The van der Waals surface area contributed by atoms with Crippen LogP contribution in [0.2, 0.25) is 0 Å². The van der Waals surface area contributed by atoms with Crippen molar-refractivity contribution in [3.8, 4) is 0 Å². The predicted octanol–water partition coefficient (Wildman–Crippen LogP) is 3.03. The molecule has 0 bridgehead atoms. The Morgan fingerprint density at radius 2 is 1.86 bits per heavy atom. The van der Waals surface area contributed by atoms with Crippen LogP contribution in [-0.2, 0) is 11.3 Å². The highest BCUT2D eigenvalue weighted by molar-refractivity contribution is 5.97. The molecule has 2 aromatic carbocycles. The van der Waals surface area contributed by atoms with Crippen LogP contribution in [0.1, 0.15) is 22.8 Å². The number of nitrogens with one attached hydrogen (secondary N) is 3. The standard InChI is InChI=1S/C20H19FN6O2/c1-12(28)25-15-6-3-7-16(9-15)26-20-24-11-17(18(22)29)19(27-20)23-10-13-4-2-5-14(21)8-13/h2-9,11H,10H2,1H3,(H2,22,29)(H,25,28)(H2,23,24,26,27). The minimum absolute atomic E-state index is 0.110. The van der Waals surface area contributed by atoms with E-state index in [4.69, 9.17) is 5.73 Å². The van der Waals surface area contributed by atoms with Crippen LogP contribution in [0.15, 0.2) is 54.7 Å². The lowest BCUT2D eigenvalue weighted by atomic mass is 10.2. The fourth-order valence-electron chi connectivity index (χ4n) is 2.60. The zero-order valence-corrected chi connectivity index (χ0v) is 15.6. The van der Waals surface area contributed by atoms with Gasteiger partial charge in [0.05, 0.1) is 5.56 Å². The lowest BCUT2D eigenvalue weighted by Crippen LogP contribution is -2.17. The van der Waals surface area contributed by atoms with Gasteiger partial charge in [-0.15, -0.1) is 0 Å². The van der Waals surface area contributed by atoms with Gasteiger partial charge in [0.15, 0.2) is 0 Å². The molecule has 0 saturated carbocycles. The summed E-state index contributed by atoms with van der Waals surface area (Å²) in [7, 11) is 0. The molecule has 5 N–H and O–H groups in total. The number of anilines is 4. The van der Waals surface area contributed by atoms with Crippen molar-refractivity contribution >= 4 is 35.0 Å². The highest BCUT2D eigenvalue weighted by Crippen LogP contribution is 2.21.